The Labute approximate surface area is 108 Å². The zero-order valence-electron chi connectivity index (χ0n) is 11.2. The van der Waals surface area contributed by atoms with Crippen LogP contribution < -0.4 is 10.1 Å². The van der Waals surface area contributed by atoms with Crippen molar-refractivity contribution >= 4 is 5.97 Å². The van der Waals surface area contributed by atoms with Gasteiger partial charge in [-0.05, 0) is 31.2 Å². The second kappa shape index (κ2) is 7.71. The minimum Gasteiger partial charge on any atom is -0.497 e. The van der Waals surface area contributed by atoms with Crippen molar-refractivity contribution in [2.24, 2.45) is 0 Å². The van der Waals surface area contributed by atoms with E-state index in [1.807, 2.05) is 38.1 Å². The van der Waals surface area contributed by atoms with E-state index < -0.39 is 0 Å². The molecule has 0 spiro atoms. The fourth-order valence-electron chi connectivity index (χ4n) is 1.66. The largest absolute Gasteiger partial charge is 0.497 e. The number of esters is 1. The van der Waals surface area contributed by atoms with E-state index in [9.17, 15) is 4.79 Å². The fourth-order valence-corrected chi connectivity index (χ4v) is 1.66. The third kappa shape index (κ3) is 5.19. The third-order valence-electron chi connectivity index (χ3n) is 2.56. The van der Waals surface area contributed by atoms with Crippen molar-refractivity contribution in [3.63, 3.8) is 0 Å². The standard InChI is InChI=1S/C14H21NO3/c1-4-15-11(2)8-14(16)18-10-12-6-5-7-13(9-12)17-3/h5-7,9,11,15H,4,8,10H2,1-3H3. The molecule has 0 saturated heterocycles. The second-order valence-corrected chi connectivity index (χ2v) is 4.18. The molecule has 0 aromatic heterocycles. The van der Waals surface area contributed by atoms with Crippen LogP contribution in [-0.2, 0) is 16.1 Å². The molecule has 4 nitrogen and oxygen atoms in total. The summed E-state index contributed by atoms with van der Waals surface area (Å²) in [6, 6.07) is 7.65. The minimum atomic E-state index is -0.189. The van der Waals surface area contributed by atoms with Crippen LogP contribution in [-0.4, -0.2) is 25.7 Å². The minimum absolute atomic E-state index is 0.146. The molecule has 1 rings (SSSR count). The van der Waals surface area contributed by atoms with Gasteiger partial charge in [-0.2, -0.15) is 0 Å². The summed E-state index contributed by atoms with van der Waals surface area (Å²) in [4.78, 5) is 11.6. The first-order valence-electron chi connectivity index (χ1n) is 6.17. The summed E-state index contributed by atoms with van der Waals surface area (Å²) in [6.07, 6.45) is 0.387. The Balaban J connectivity index is 2.37. The van der Waals surface area contributed by atoms with Crippen LogP contribution in [0.25, 0.3) is 0 Å². The smallest absolute Gasteiger partial charge is 0.307 e. The van der Waals surface area contributed by atoms with E-state index in [0.717, 1.165) is 17.9 Å². The van der Waals surface area contributed by atoms with Gasteiger partial charge in [0.25, 0.3) is 0 Å². The maximum absolute atomic E-state index is 11.6. The van der Waals surface area contributed by atoms with E-state index in [0.29, 0.717) is 6.42 Å². The maximum Gasteiger partial charge on any atom is 0.307 e. The van der Waals surface area contributed by atoms with Crippen LogP contribution in [0, 0.1) is 0 Å². The molecule has 0 radical (unpaired) electrons. The first kappa shape index (κ1) is 14.5. The van der Waals surface area contributed by atoms with Crippen LogP contribution in [0.5, 0.6) is 5.75 Å². The molecular weight excluding hydrogens is 230 g/mol. The van der Waals surface area contributed by atoms with Gasteiger partial charge in [0.1, 0.15) is 12.4 Å². The molecule has 1 aromatic carbocycles. The summed E-state index contributed by atoms with van der Waals surface area (Å²) < 4.78 is 10.3. The van der Waals surface area contributed by atoms with Crippen LogP contribution in [0.1, 0.15) is 25.8 Å². The molecule has 18 heavy (non-hydrogen) atoms. The number of ether oxygens (including phenoxy) is 2. The zero-order valence-corrected chi connectivity index (χ0v) is 11.2. The van der Waals surface area contributed by atoms with Gasteiger partial charge >= 0.3 is 5.97 Å². The summed E-state index contributed by atoms with van der Waals surface area (Å²) >= 11 is 0. The fraction of sp³-hybridized carbons (Fsp3) is 0.500. The summed E-state index contributed by atoms with van der Waals surface area (Å²) in [5.41, 5.74) is 0.929. The highest BCUT2D eigenvalue weighted by atomic mass is 16.5. The van der Waals surface area contributed by atoms with E-state index in [2.05, 4.69) is 5.32 Å². The van der Waals surface area contributed by atoms with E-state index in [1.165, 1.54) is 0 Å². The second-order valence-electron chi connectivity index (χ2n) is 4.18. The summed E-state index contributed by atoms with van der Waals surface area (Å²) in [6.45, 7) is 5.12. The number of hydrogen-bond donors (Lipinski definition) is 1. The van der Waals surface area contributed by atoms with Crippen LogP contribution >= 0.6 is 0 Å². The molecule has 0 saturated carbocycles. The van der Waals surface area contributed by atoms with Crippen molar-refractivity contribution in [1.82, 2.24) is 5.32 Å². The Morgan fingerprint density at radius 1 is 1.44 bits per heavy atom. The normalized spacial score (nSPS) is 11.9. The van der Waals surface area contributed by atoms with E-state index in [-0.39, 0.29) is 18.6 Å². The number of rotatable bonds is 7. The number of methoxy groups -OCH3 is 1. The molecule has 1 atom stereocenters. The van der Waals surface area contributed by atoms with E-state index >= 15 is 0 Å². The van der Waals surface area contributed by atoms with Crippen molar-refractivity contribution in [3.05, 3.63) is 29.8 Å². The molecule has 0 fully saturated rings. The Bertz CT molecular complexity index is 379. The molecule has 0 aliphatic heterocycles. The van der Waals surface area contributed by atoms with Gasteiger partial charge in [-0.15, -0.1) is 0 Å². The molecular formula is C14H21NO3. The van der Waals surface area contributed by atoms with Gasteiger partial charge in [-0.3, -0.25) is 4.79 Å². The Morgan fingerprint density at radius 3 is 2.89 bits per heavy atom. The number of benzene rings is 1. The van der Waals surface area contributed by atoms with Crippen LogP contribution in [0.4, 0.5) is 0 Å². The van der Waals surface area contributed by atoms with Gasteiger partial charge in [0.05, 0.1) is 13.5 Å². The van der Waals surface area contributed by atoms with Crippen molar-refractivity contribution in [3.8, 4) is 5.75 Å². The zero-order chi connectivity index (χ0) is 13.4. The van der Waals surface area contributed by atoms with Crippen LogP contribution in [0.3, 0.4) is 0 Å². The van der Waals surface area contributed by atoms with E-state index in [1.54, 1.807) is 7.11 Å². The summed E-state index contributed by atoms with van der Waals surface area (Å²) in [5.74, 6) is 0.579. The Kier molecular flexibility index (Phi) is 6.22. The predicted octanol–water partition coefficient (Wildman–Crippen LogP) is 2.13. The molecule has 4 heteroatoms. The molecule has 0 aliphatic rings. The maximum atomic E-state index is 11.6. The SMILES string of the molecule is CCNC(C)CC(=O)OCc1cccc(OC)c1. The van der Waals surface area contributed by atoms with Gasteiger partial charge in [0.2, 0.25) is 0 Å². The molecule has 1 N–H and O–H groups in total. The highest BCUT2D eigenvalue weighted by Crippen LogP contribution is 2.13. The Morgan fingerprint density at radius 2 is 2.22 bits per heavy atom. The van der Waals surface area contributed by atoms with Gasteiger partial charge in [-0.25, -0.2) is 0 Å². The molecule has 0 heterocycles. The number of carbonyl (C=O) groups excluding carboxylic acids is 1. The van der Waals surface area contributed by atoms with Crippen molar-refractivity contribution < 1.29 is 14.3 Å². The quantitative estimate of drug-likeness (QED) is 0.754. The predicted molar refractivity (Wildman–Crippen MR) is 70.5 cm³/mol. The first-order chi connectivity index (χ1) is 8.65. The first-order valence-corrected chi connectivity index (χ1v) is 6.17. The number of hydrogen-bond acceptors (Lipinski definition) is 4. The van der Waals surface area contributed by atoms with Gasteiger partial charge < -0.3 is 14.8 Å². The van der Waals surface area contributed by atoms with Crippen molar-refractivity contribution in [2.75, 3.05) is 13.7 Å². The molecule has 0 bridgehead atoms. The highest BCUT2D eigenvalue weighted by Gasteiger charge is 2.09. The average Bonchev–Trinajstić information content (AvgIpc) is 2.37. The van der Waals surface area contributed by atoms with Crippen LogP contribution in [0.15, 0.2) is 24.3 Å². The lowest BCUT2D eigenvalue weighted by molar-refractivity contribution is -0.145. The van der Waals surface area contributed by atoms with Gasteiger partial charge in [0, 0.05) is 6.04 Å². The lowest BCUT2D eigenvalue weighted by Gasteiger charge is -2.11. The summed E-state index contributed by atoms with van der Waals surface area (Å²) in [7, 11) is 1.61. The average molecular weight is 251 g/mol. The molecule has 1 aromatic rings. The lowest BCUT2D eigenvalue weighted by Crippen LogP contribution is -2.28. The topological polar surface area (TPSA) is 47.6 Å². The van der Waals surface area contributed by atoms with Crippen LogP contribution in [0.2, 0.25) is 0 Å². The number of carbonyl (C=O) groups is 1. The summed E-state index contributed by atoms with van der Waals surface area (Å²) in [5, 5.41) is 3.17. The molecule has 1 unspecified atom stereocenters. The highest BCUT2D eigenvalue weighted by molar-refractivity contribution is 5.70. The molecule has 0 amide bonds. The van der Waals surface area contributed by atoms with E-state index in [4.69, 9.17) is 9.47 Å². The monoisotopic (exact) mass is 251 g/mol. The molecule has 0 aliphatic carbocycles. The Hall–Kier alpha value is -1.55. The van der Waals surface area contributed by atoms with Crippen molar-refractivity contribution in [1.29, 1.82) is 0 Å². The lowest BCUT2D eigenvalue weighted by atomic mass is 10.2. The van der Waals surface area contributed by atoms with Gasteiger partial charge in [0.15, 0.2) is 0 Å². The van der Waals surface area contributed by atoms with Gasteiger partial charge in [-0.1, -0.05) is 19.1 Å². The van der Waals surface area contributed by atoms with Crippen molar-refractivity contribution in [2.45, 2.75) is 32.9 Å². The molecule has 100 valence electrons. The third-order valence-corrected chi connectivity index (χ3v) is 2.56. The number of nitrogens with one attached hydrogen (secondary N) is 1.